The second-order valence-corrected chi connectivity index (χ2v) is 19.7. The molecule has 4 aromatic heterocycles. The largest absolute Gasteiger partial charge is 0.315 e. The van der Waals surface area contributed by atoms with E-state index in [9.17, 15) is 0 Å². The Balaban J connectivity index is 1.33. The molecule has 0 saturated carbocycles. The van der Waals surface area contributed by atoms with Gasteiger partial charge in [-0.25, -0.2) is 0 Å². The van der Waals surface area contributed by atoms with Crippen molar-refractivity contribution < 1.29 is 0 Å². The molecule has 48 heavy (non-hydrogen) atoms. The number of nitrogens with zero attached hydrogens (tertiary/aromatic N) is 2. The highest BCUT2D eigenvalue weighted by Crippen LogP contribution is 2.48. The highest BCUT2D eigenvalue weighted by Gasteiger charge is 2.39. The molecule has 0 atom stereocenters. The average Bonchev–Trinajstić information content (AvgIpc) is 3.85. The molecule has 0 fully saturated rings. The molecule has 0 saturated heterocycles. The number of hydrogen-bond acceptors (Lipinski definition) is 0. The number of hydrogen-bond donors (Lipinski definition) is 0. The van der Waals surface area contributed by atoms with E-state index in [-0.39, 0.29) is 0 Å². The maximum absolute atomic E-state index is 2.49. The van der Waals surface area contributed by atoms with E-state index in [0.29, 0.717) is 0 Å². The summed E-state index contributed by atoms with van der Waals surface area (Å²) in [4.78, 5) is 0. The van der Waals surface area contributed by atoms with Gasteiger partial charge in [-0.2, -0.15) is 0 Å². The van der Waals surface area contributed by atoms with Crippen LogP contribution in [0.25, 0.3) is 54.4 Å². The van der Waals surface area contributed by atoms with Crippen LogP contribution in [0, 0.1) is 6.92 Å². The third-order valence-corrected chi connectivity index (χ3v) is 13.0. The standard InChI is InChI=1S/C45H36N2Si/c1-29-27-46-40-23-21-32(25-38(40)35-18-11-17-34(29)43(35)46)45(30-13-7-5-8-14-30,31-15-9-6-10-16-31)33-22-24-41-39(26-33)36-19-12-20-37-42(48(2,3)4)28-47(41)44(36)37/h5-28H,1-4H3. The summed E-state index contributed by atoms with van der Waals surface area (Å²) in [6.07, 6.45) is 4.73. The first-order valence-corrected chi connectivity index (χ1v) is 20.5. The molecule has 0 aliphatic carbocycles. The summed E-state index contributed by atoms with van der Waals surface area (Å²) < 4.78 is 4.86. The molecule has 0 amide bonds. The van der Waals surface area contributed by atoms with Crippen molar-refractivity contribution in [1.29, 1.82) is 0 Å². The Morgan fingerprint density at radius 3 is 1.46 bits per heavy atom. The van der Waals surface area contributed by atoms with Crippen molar-refractivity contribution in [3.63, 3.8) is 0 Å². The van der Waals surface area contributed by atoms with Crippen LogP contribution >= 0.6 is 0 Å². The summed E-state index contributed by atoms with van der Waals surface area (Å²) in [5, 5.41) is 9.52. The second-order valence-electron chi connectivity index (χ2n) is 14.7. The minimum absolute atomic E-state index is 0.539. The number of aromatic nitrogens is 2. The number of fused-ring (bicyclic) bond motifs is 6. The topological polar surface area (TPSA) is 8.82 Å². The monoisotopic (exact) mass is 632 g/mol. The smallest absolute Gasteiger partial charge is 0.0804 e. The molecular formula is C45H36N2Si. The molecule has 0 radical (unpaired) electrons. The molecule has 0 unspecified atom stereocenters. The lowest BCUT2D eigenvalue weighted by atomic mass is 9.65. The maximum atomic E-state index is 2.49. The Labute approximate surface area is 281 Å². The molecule has 10 rings (SSSR count). The molecule has 10 aromatic rings. The fraction of sp³-hybridized carbons (Fsp3) is 0.111. The van der Waals surface area contributed by atoms with E-state index < -0.39 is 13.5 Å². The van der Waals surface area contributed by atoms with Crippen LogP contribution < -0.4 is 5.19 Å². The predicted octanol–water partition coefficient (Wildman–Crippen LogP) is 10.9. The van der Waals surface area contributed by atoms with Crippen molar-refractivity contribution >= 4 is 67.6 Å². The number of aryl methyl sites for hydroxylation is 1. The first kappa shape index (κ1) is 27.7. The van der Waals surface area contributed by atoms with Gasteiger partial charge in [-0.05, 0) is 69.6 Å². The van der Waals surface area contributed by atoms with Crippen LogP contribution in [0.5, 0.6) is 0 Å². The Bertz CT molecular complexity index is 2770. The quantitative estimate of drug-likeness (QED) is 0.132. The Morgan fingerprint density at radius 1 is 0.438 bits per heavy atom. The lowest BCUT2D eigenvalue weighted by molar-refractivity contribution is 0.748. The lowest BCUT2D eigenvalue weighted by Crippen LogP contribution is -2.37. The molecule has 3 heteroatoms. The predicted molar refractivity (Wildman–Crippen MR) is 207 cm³/mol. The fourth-order valence-electron chi connectivity index (χ4n) is 8.91. The Kier molecular flexibility index (Phi) is 5.53. The van der Waals surface area contributed by atoms with Gasteiger partial charge in [0.1, 0.15) is 0 Å². The van der Waals surface area contributed by atoms with Gasteiger partial charge in [0.15, 0.2) is 0 Å². The van der Waals surface area contributed by atoms with Crippen molar-refractivity contribution in [3.05, 3.63) is 174 Å². The van der Waals surface area contributed by atoms with E-state index in [1.165, 1.54) is 87.4 Å². The van der Waals surface area contributed by atoms with Crippen molar-refractivity contribution in [2.24, 2.45) is 0 Å². The maximum Gasteiger partial charge on any atom is 0.0804 e. The first-order chi connectivity index (χ1) is 23.4. The van der Waals surface area contributed by atoms with Gasteiger partial charge in [0, 0.05) is 39.3 Å². The molecule has 0 N–H and O–H groups in total. The average molecular weight is 633 g/mol. The minimum atomic E-state index is -1.53. The van der Waals surface area contributed by atoms with Gasteiger partial charge in [0.25, 0.3) is 0 Å². The molecular weight excluding hydrogens is 597 g/mol. The first-order valence-electron chi connectivity index (χ1n) is 17.0. The normalized spacial score (nSPS) is 13.0. The summed E-state index contributed by atoms with van der Waals surface area (Å²) >= 11 is 0. The SMILES string of the molecule is Cc1cn2c3ccc(C(c4ccccc4)(c4ccccc4)c4ccc5c(c4)c4cccc6c([Si](C)(C)C)cn5c64)cc3c3cccc1c32. The van der Waals surface area contributed by atoms with Crippen LogP contribution in [0.15, 0.2) is 146 Å². The van der Waals surface area contributed by atoms with Crippen LogP contribution in [-0.2, 0) is 5.41 Å². The van der Waals surface area contributed by atoms with Gasteiger partial charge in [-0.15, -0.1) is 0 Å². The number of benzene rings is 6. The Hall–Kier alpha value is -5.38. The third-order valence-electron chi connectivity index (χ3n) is 11.0. The van der Waals surface area contributed by atoms with Gasteiger partial charge in [0.05, 0.1) is 35.6 Å². The zero-order chi connectivity index (χ0) is 32.4. The molecule has 4 heterocycles. The van der Waals surface area contributed by atoms with E-state index in [0.717, 1.165) is 0 Å². The number of para-hydroxylation sites is 2. The van der Waals surface area contributed by atoms with Crippen molar-refractivity contribution in [2.45, 2.75) is 32.0 Å². The van der Waals surface area contributed by atoms with Crippen LogP contribution in [0.1, 0.15) is 27.8 Å². The van der Waals surface area contributed by atoms with Gasteiger partial charge in [-0.1, -0.05) is 129 Å². The summed E-state index contributed by atoms with van der Waals surface area (Å²) in [6.45, 7) is 9.57. The fourth-order valence-corrected chi connectivity index (χ4v) is 10.4. The van der Waals surface area contributed by atoms with E-state index >= 15 is 0 Å². The summed E-state index contributed by atoms with van der Waals surface area (Å²) in [6, 6.07) is 50.4. The number of rotatable bonds is 5. The molecule has 0 aliphatic rings. The van der Waals surface area contributed by atoms with E-state index in [2.05, 4.69) is 181 Å². The van der Waals surface area contributed by atoms with Gasteiger partial charge < -0.3 is 8.80 Å². The molecule has 2 nitrogen and oxygen atoms in total. The van der Waals surface area contributed by atoms with Crippen molar-refractivity contribution in [2.75, 3.05) is 0 Å². The third kappa shape index (κ3) is 3.52. The second kappa shape index (κ2) is 9.59. The molecule has 0 aliphatic heterocycles. The Morgan fingerprint density at radius 2 is 0.917 bits per heavy atom. The summed E-state index contributed by atoms with van der Waals surface area (Å²) in [7, 11) is -1.53. The van der Waals surface area contributed by atoms with Crippen LogP contribution in [0.4, 0.5) is 0 Å². The van der Waals surface area contributed by atoms with Gasteiger partial charge >= 0.3 is 0 Å². The van der Waals surface area contributed by atoms with E-state index in [1.54, 1.807) is 0 Å². The van der Waals surface area contributed by atoms with E-state index in [4.69, 9.17) is 0 Å². The highest BCUT2D eigenvalue weighted by molar-refractivity contribution is 6.90. The highest BCUT2D eigenvalue weighted by atomic mass is 28.3. The zero-order valence-electron chi connectivity index (χ0n) is 27.8. The van der Waals surface area contributed by atoms with Crippen molar-refractivity contribution in [1.82, 2.24) is 8.80 Å². The van der Waals surface area contributed by atoms with Crippen LogP contribution in [0.3, 0.4) is 0 Å². The van der Waals surface area contributed by atoms with E-state index in [1.807, 2.05) is 0 Å². The molecule has 0 bridgehead atoms. The van der Waals surface area contributed by atoms with Crippen molar-refractivity contribution in [3.8, 4) is 0 Å². The minimum Gasteiger partial charge on any atom is -0.315 e. The lowest BCUT2D eigenvalue weighted by Gasteiger charge is -2.37. The van der Waals surface area contributed by atoms with Gasteiger partial charge in [-0.3, -0.25) is 0 Å². The van der Waals surface area contributed by atoms with Crippen LogP contribution in [0.2, 0.25) is 19.6 Å². The molecule has 6 aromatic carbocycles. The molecule has 0 spiro atoms. The van der Waals surface area contributed by atoms with Crippen LogP contribution in [-0.4, -0.2) is 16.9 Å². The summed E-state index contributed by atoms with van der Waals surface area (Å²) in [5.41, 5.74) is 11.1. The molecule has 230 valence electrons. The van der Waals surface area contributed by atoms with Gasteiger partial charge in [0.2, 0.25) is 0 Å². The summed E-state index contributed by atoms with van der Waals surface area (Å²) in [5.74, 6) is 0. The zero-order valence-corrected chi connectivity index (χ0v) is 28.8.